The Morgan fingerprint density at radius 2 is 1.30 bits per heavy atom. The molecule has 0 atom stereocenters. The van der Waals surface area contributed by atoms with Gasteiger partial charge in [0, 0.05) is 22.9 Å². The SMILES string of the molecule is c1ccc2c(c1)CCc1nc3ccc(-n4c5ccccc5c5ccccc54)cc3n1-2. The summed E-state index contributed by atoms with van der Waals surface area (Å²) in [4.78, 5) is 4.95. The predicted molar refractivity (Wildman–Crippen MR) is 123 cm³/mol. The molecule has 0 bridgehead atoms. The van der Waals surface area contributed by atoms with Crippen molar-refractivity contribution in [2.45, 2.75) is 12.8 Å². The first-order valence-electron chi connectivity index (χ1n) is 10.5. The van der Waals surface area contributed by atoms with Gasteiger partial charge in [-0.1, -0.05) is 54.6 Å². The molecule has 0 aliphatic carbocycles. The Morgan fingerprint density at radius 1 is 0.600 bits per heavy atom. The minimum atomic E-state index is 0.983. The van der Waals surface area contributed by atoms with Gasteiger partial charge in [-0.2, -0.15) is 0 Å². The molecule has 3 heterocycles. The van der Waals surface area contributed by atoms with Gasteiger partial charge in [0.05, 0.1) is 27.8 Å². The molecule has 0 spiro atoms. The molecule has 3 nitrogen and oxygen atoms in total. The third-order valence-corrected chi connectivity index (χ3v) is 6.40. The van der Waals surface area contributed by atoms with Crippen molar-refractivity contribution < 1.29 is 0 Å². The van der Waals surface area contributed by atoms with Gasteiger partial charge in [0.25, 0.3) is 0 Å². The first-order chi connectivity index (χ1) is 14.9. The van der Waals surface area contributed by atoms with E-state index in [2.05, 4.69) is 100 Å². The molecule has 0 N–H and O–H groups in total. The monoisotopic (exact) mass is 385 g/mol. The van der Waals surface area contributed by atoms with E-state index in [1.807, 2.05) is 0 Å². The molecule has 142 valence electrons. The summed E-state index contributed by atoms with van der Waals surface area (Å²) in [7, 11) is 0. The van der Waals surface area contributed by atoms with Gasteiger partial charge in [0.2, 0.25) is 0 Å². The molecule has 0 amide bonds. The lowest BCUT2D eigenvalue weighted by Gasteiger charge is -2.19. The largest absolute Gasteiger partial charge is 0.309 e. The van der Waals surface area contributed by atoms with Crippen molar-refractivity contribution in [3.63, 3.8) is 0 Å². The third-order valence-electron chi connectivity index (χ3n) is 6.40. The first-order valence-corrected chi connectivity index (χ1v) is 10.5. The molecule has 0 saturated heterocycles. The summed E-state index contributed by atoms with van der Waals surface area (Å²) < 4.78 is 4.73. The van der Waals surface area contributed by atoms with Gasteiger partial charge >= 0.3 is 0 Å². The Hall–Kier alpha value is -3.85. The maximum Gasteiger partial charge on any atom is 0.114 e. The summed E-state index contributed by atoms with van der Waals surface area (Å²) in [6, 6.07) is 32.7. The number of para-hydroxylation sites is 3. The number of benzene rings is 4. The van der Waals surface area contributed by atoms with E-state index in [9.17, 15) is 0 Å². The van der Waals surface area contributed by atoms with Crippen molar-refractivity contribution in [2.24, 2.45) is 0 Å². The molecule has 1 aliphatic rings. The van der Waals surface area contributed by atoms with Gasteiger partial charge in [0.15, 0.2) is 0 Å². The molecule has 1 aliphatic heterocycles. The molecular formula is C27H19N3. The average molecular weight is 385 g/mol. The molecule has 3 heteroatoms. The van der Waals surface area contributed by atoms with Crippen LogP contribution < -0.4 is 0 Å². The smallest absolute Gasteiger partial charge is 0.114 e. The number of nitrogens with zero attached hydrogens (tertiary/aromatic N) is 3. The summed E-state index contributed by atoms with van der Waals surface area (Å²) >= 11 is 0. The number of rotatable bonds is 1. The second-order valence-corrected chi connectivity index (χ2v) is 8.03. The van der Waals surface area contributed by atoms with Gasteiger partial charge in [-0.3, -0.25) is 4.57 Å². The maximum absolute atomic E-state index is 4.95. The zero-order valence-electron chi connectivity index (χ0n) is 16.4. The van der Waals surface area contributed by atoms with Crippen molar-refractivity contribution in [1.82, 2.24) is 14.1 Å². The Balaban J connectivity index is 1.56. The van der Waals surface area contributed by atoms with Gasteiger partial charge in [-0.05, 0) is 48.4 Å². The minimum Gasteiger partial charge on any atom is -0.309 e. The van der Waals surface area contributed by atoms with Crippen LogP contribution in [0.1, 0.15) is 11.4 Å². The highest BCUT2D eigenvalue weighted by atomic mass is 15.1. The fraction of sp³-hybridized carbons (Fsp3) is 0.0741. The molecule has 0 fully saturated rings. The molecule has 6 aromatic rings. The van der Waals surface area contributed by atoms with E-state index in [1.54, 1.807) is 0 Å². The molecule has 2 aromatic heterocycles. The van der Waals surface area contributed by atoms with Crippen LogP contribution in [0.5, 0.6) is 0 Å². The van der Waals surface area contributed by atoms with Crippen molar-refractivity contribution in [1.29, 1.82) is 0 Å². The Kier molecular flexibility index (Phi) is 3.11. The van der Waals surface area contributed by atoms with E-state index in [-0.39, 0.29) is 0 Å². The van der Waals surface area contributed by atoms with E-state index in [0.717, 1.165) is 24.2 Å². The van der Waals surface area contributed by atoms with Gasteiger partial charge in [-0.15, -0.1) is 0 Å². The third kappa shape index (κ3) is 2.07. The van der Waals surface area contributed by atoms with Gasteiger partial charge in [0.1, 0.15) is 5.82 Å². The van der Waals surface area contributed by atoms with Crippen LogP contribution in [0, 0.1) is 0 Å². The summed E-state index contributed by atoms with van der Waals surface area (Å²) in [5, 5.41) is 2.57. The average Bonchev–Trinajstić information content (AvgIpc) is 3.34. The Morgan fingerprint density at radius 3 is 2.10 bits per heavy atom. The van der Waals surface area contributed by atoms with E-state index in [4.69, 9.17) is 4.98 Å². The number of aromatic nitrogens is 3. The van der Waals surface area contributed by atoms with Crippen molar-refractivity contribution in [3.05, 3.63) is 102 Å². The van der Waals surface area contributed by atoms with E-state index >= 15 is 0 Å². The highest BCUT2D eigenvalue weighted by Crippen LogP contribution is 2.34. The number of fused-ring (bicyclic) bond motifs is 8. The van der Waals surface area contributed by atoms with Crippen LogP contribution in [0.4, 0.5) is 0 Å². The summed E-state index contributed by atoms with van der Waals surface area (Å²) in [5.74, 6) is 1.16. The lowest BCUT2D eigenvalue weighted by atomic mass is 10.0. The molecule has 0 unspecified atom stereocenters. The van der Waals surface area contributed by atoms with Crippen molar-refractivity contribution in [3.8, 4) is 11.4 Å². The quantitative estimate of drug-likeness (QED) is 0.329. The number of hydrogen-bond acceptors (Lipinski definition) is 1. The molecule has 0 saturated carbocycles. The Bertz CT molecular complexity index is 1550. The van der Waals surface area contributed by atoms with Gasteiger partial charge < -0.3 is 4.57 Å². The van der Waals surface area contributed by atoms with Crippen molar-refractivity contribution in [2.75, 3.05) is 0 Å². The normalized spacial score (nSPS) is 13.1. The van der Waals surface area contributed by atoms with Crippen molar-refractivity contribution >= 4 is 32.8 Å². The highest BCUT2D eigenvalue weighted by molar-refractivity contribution is 6.09. The minimum absolute atomic E-state index is 0.983. The molecule has 0 radical (unpaired) electrons. The zero-order valence-corrected chi connectivity index (χ0v) is 16.4. The Labute approximate surface area is 173 Å². The topological polar surface area (TPSA) is 22.8 Å². The standard InChI is InChI=1S/C27H19N3/c1-4-10-23-18(7-1)13-16-27-28-22-15-14-19(17-26(22)30(23)27)29-24-11-5-2-8-20(24)21-9-3-6-12-25(21)29/h1-12,14-15,17H,13,16H2. The lowest BCUT2D eigenvalue weighted by molar-refractivity contribution is 0.789. The number of aryl methyl sites for hydroxylation is 2. The van der Waals surface area contributed by atoms with Crippen LogP contribution in [0.25, 0.3) is 44.2 Å². The molecule has 30 heavy (non-hydrogen) atoms. The predicted octanol–water partition coefficient (Wildman–Crippen LogP) is 6.22. The van der Waals surface area contributed by atoms with Crippen LogP contribution in [0.2, 0.25) is 0 Å². The molecule has 7 rings (SSSR count). The van der Waals surface area contributed by atoms with Crippen LogP contribution in [0.15, 0.2) is 91.0 Å². The fourth-order valence-corrected chi connectivity index (χ4v) is 5.08. The first kappa shape index (κ1) is 16.0. The lowest BCUT2D eigenvalue weighted by Crippen LogP contribution is -2.12. The van der Waals surface area contributed by atoms with E-state index < -0.39 is 0 Å². The van der Waals surface area contributed by atoms with Gasteiger partial charge in [-0.25, -0.2) is 4.98 Å². The number of hydrogen-bond donors (Lipinski definition) is 0. The maximum atomic E-state index is 4.95. The molecular weight excluding hydrogens is 366 g/mol. The number of imidazole rings is 1. The van der Waals surface area contributed by atoms with Crippen LogP contribution in [-0.4, -0.2) is 14.1 Å². The summed E-state index contributed by atoms with van der Waals surface area (Å²) in [6.45, 7) is 0. The zero-order chi connectivity index (χ0) is 19.7. The highest BCUT2D eigenvalue weighted by Gasteiger charge is 2.20. The summed E-state index contributed by atoms with van der Waals surface area (Å²) in [6.07, 6.45) is 2.04. The summed E-state index contributed by atoms with van der Waals surface area (Å²) in [5.41, 5.74) is 8.54. The second kappa shape index (κ2) is 5.83. The second-order valence-electron chi connectivity index (χ2n) is 8.03. The van der Waals surface area contributed by atoms with Crippen LogP contribution in [0.3, 0.4) is 0 Å². The van der Waals surface area contributed by atoms with Crippen LogP contribution in [-0.2, 0) is 12.8 Å². The van der Waals surface area contributed by atoms with E-state index in [1.165, 1.54) is 44.3 Å². The van der Waals surface area contributed by atoms with E-state index in [0.29, 0.717) is 0 Å². The van der Waals surface area contributed by atoms with Crippen LogP contribution >= 0.6 is 0 Å². The fourth-order valence-electron chi connectivity index (χ4n) is 5.08. The molecule has 4 aromatic carbocycles.